The van der Waals surface area contributed by atoms with E-state index in [0.29, 0.717) is 10.5 Å². The first-order chi connectivity index (χ1) is 11.3. The molecule has 0 bridgehead atoms. The Morgan fingerprint density at radius 1 is 0.885 bits per heavy atom. The third kappa shape index (κ3) is 8.05. The molecule has 0 aromatic rings. The molecule has 0 aromatic heterocycles. The Balaban J connectivity index is 0.000000378. The largest absolute Gasteiger partial charge is 1.00 e. The summed E-state index contributed by atoms with van der Waals surface area (Å²) in [7, 11) is 0. The number of fused-ring (bicyclic) bond motifs is 2. The van der Waals surface area contributed by atoms with E-state index in [4.69, 9.17) is 0 Å². The molecule has 4 aliphatic rings. The molecule has 0 amide bonds. The zero-order chi connectivity index (χ0) is 17.9. The van der Waals surface area contributed by atoms with E-state index in [-0.39, 0.29) is 24.8 Å². The van der Waals surface area contributed by atoms with Gasteiger partial charge in [-0.15, -0.1) is 34.7 Å². The van der Waals surface area contributed by atoms with E-state index >= 15 is 0 Å². The summed E-state index contributed by atoms with van der Waals surface area (Å²) in [5.41, 5.74) is 5.28. The summed E-state index contributed by atoms with van der Waals surface area (Å²) in [5.74, 6) is 0. The Bertz CT molecular complexity index is 674. The van der Waals surface area contributed by atoms with Crippen LogP contribution in [-0.2, 0) is 24.2 Å². The van der Waals surface area contributed by atoms with Gasteiger partial charge in [0.1, 0.15) is 0 Å². The molecule has 0 aromatic carbocycles. The van der Waals surface area contributed by atoms with Gasteiger partial charge in [0.15, 0.2) is 0 Å². The van der Waals surface area contributed by atoms with Crippen molar-refractivity contribution in [1.29, 1.82) is 0 Å². The first kappa shape index (κ1) is 27.4. The van der Waals surface area contributed by atoms with Gasteiger partial charge < -0.3 is 24.8 Å². The average Bonchev–Trinajstić information content (AvgIpc) is 3.18. The summed E-state index contributed by atoms with van der Waals surface area (Å²) in [4.78, 5) is 0. The van der Waals surface area contributed by atoms with Gasteiger partial charge in [-0.1, -0.05) is 45.7 Å². The van der Waals surface area contributed by atoms with Gasteiger partial charge in [-0.3, -0.25) is 12.2 Å². The summed E-state index contributed by atoms with van der Waals surface area (Å²) in [6.45, 7) is 8.43. The van der Waals surface area contributed by atoms with E-state index in [1.54, 1.807) is 24.2 Å². The molecule has 140 valence electrons. The zero-order valence-corrected chi connectivity index (χ0v) is 23.6. The Hall–Kier alpha value is 1.43. The molecule has 0 fully saturated rings. The van der Waals surface area contributed by atoms with E-state index in [2.05, 4.69) is 94.7 Å². The van der Waals surface area contributed by atoms with Gasteiger partial charge in [0.2, 0.25) is 0 Å². The van der Waals surface area contributed by atoms with Gasteiger partial charge in [0.05, 0.1) is 0 Å². The molecule has 2 heterocycles. The molecule has 26 heavy (non-hydrogen) atoms. The topological polar surface area (TPSA) is 0 Å². The van der Waals surface area contributed by atoms with Crippen molar-refractivity contribution in [2.24, 2.45) is 0 Å². The van der Waals surface area contributed by atoms with Gasteiger partial charge in [-0.2, -0.15) is 0 Å². The van der Waals surface area contributed by atoms with E-state index in [9.17, 15) is 0 Å². The quantitative estimate of drug-likeness (QED) is 0.363. The average molecular weight is 632 g/mol. The second kappa shape index (κ2) is 12.9. The van der Waals surface area contributed by atoms with Crippen LogP contribution in [0.3, 0.4) is 0 Å². The Morgan fingerprint density at radius 3 is 1.46 bits per heavy atom. The maximum absolute atomic E-state index is 3.49. The Kier molecular flexibility index (Phi) is 13.6. The van der Waals surface area contributed by atoms with Crippen LogP contribution in [0.1, 0.15) is 27.7 Å². The standard InChI is InChI=1S/2C8H6BrS.C3H6.2ClH.Zr/c2*1-5-2-6-7(9)4-10-8(6)3-5;1-3-2;;;/h2*2,4,8H,1H3;1-2H3;2*1H;/q2*-1;;;;+2/p-2. The molecule has 2 aliphatic carbocycles. The molecule has 0 saturated heterocycles. The number of allylic oxidation sites excluding steroid dienone is 6. The van der Waals surface area contributed by atoms with Crippen molar-refractivity contribution < 1.29 is 49.0 Å². The normalized spacial score (nSPS) is 23.7. The van der Waals surface area contributed by atoms with Gasteiger partial charge in [0, 0.05) is 8.96 Å². The Labute approximate surface area is 210 Å². The zero-order valence-electron chi connectivity index (χ0n) is 14.8. The molecule has 7 heteroatoms. The second-order valence-corrected chi connectivity index (χ2v) is 11.9. The van der Waals surface area contributed by atoms with Crippen molar-refractivity contribution in [1.82, 2.24) is 0 Å². The third-order valence-corrected chi connectivity index (χ3v) is 7.20. The monoisotopic (exact) mass is 628 g/mol. The minimum absolute atomic E-state index is 0. The molecule has 0 radical (unpaired) electrons. The number of halogens is 4. The molecule has 0 N–H and O–H groups in total. The van der Waals surface area contributed by atoms with Crippen LogP contribution in [0.25, 0.3) is 0 Å². The predicted octanol–water partition coefficient (Wildman–Crippen LogP) is 0.809. The minimum Gasteiger partial charge on any atom is -1.00 e. The van der Waals surface area contributed by atoms with E-state index in [1.807, 2.05) is 23.5 Å². The van der Waals surface area contributed by atoms with Crippen LogP contribution in [0.4, 0.5) is 0 Å². The third-order valence-electron chi connectivity index (χ3n) is 3.19. The number of rotatable bonds is 0. The van der Waals surface area contributed by atoms with Crippen LogP contribution in [0.15, 0.2) is 54.2 Å². The fraction of sp³-hybridized carbons (Fsp3) is 0.316. The van der Waals surface area contributed by atoms with Crippen molar-refractivity contribution in [3.8, 4) is 0 Å². The molecule has 0 spiro atoms. The van der Waals surface area contributed by atoms with Gasteiger partial charge in [-0.05, 0) is 21.3 Å². The summed E-state index contributed by atoms with van der Waals surface area (Å²) < 4.78 is 3.96. The molecule has 0 saturated carbocycles. The number of thioether (sulfide) groups is 2. The Morgan fingerprint density at radius 2 is 1.19 bits per heavy atom. The van der Waals surface area contributed by atoms with Crippen LogP contribution in [0, 0.1) is 12.2 Å². The summed E-state index contributed by atoms with van der Waals surface area (Å²) >= 11 is 12.2. The van der Waals surface area contributed by atoms with Gasteiger partial charge in [-0.25, -0.2) is 23.3 Å². The van der Waals surface area contributed by atoms with E-state index < -0.39 is 0 Å². The first-order valence-electron chi connectivity index (χ1n) is 7.46. The maximum atomic E-state index is 3.49. The SMILES string of the molecule is CC1=[C-]C2SC=C(Br)C2=C1.CC1=[C-]C2SC=C(Br)C2=C1.C[C](C)=[Zr+2].[Cl-].[Cl-]. The van der Waals surface area contributed by atoms with Crippen LogP contribution < -0.4 is 24.8 Å². The van der Waals surface area contributed by atoms with Crippen LogP contribution in [0.2, 0.25) is 0 Å². The van der Waals surface area contributed by atoms with E-state index in [1.165, 1.54) is 34.5 Å². The van der Waals surface area contributed by atoms with Crippen molar-refractivity contribution in [3.63, 3.8) is 0 Å². The molecular formula is C19H18Br2Cl2S2Zr-2. The van der Waals surface area contributed by atoms with Crippen molar-refractivity contribution in [2.45, 2.75) is 38.2 Å². The van der Waals surface area contributed by atoms with E-state index in [0.717, 1.165) is 0 Å². The maximum Gasteiger partial charge on any atom is -1.00 e. The van der Waals surface area contributed by atoms with Crippen LogP contribution in [0.5, 0.6) is 0 Å². The van der Waals surface area contributed by atoms with Crippen molar-refractivity contribution in [2.75, 3.05) is 0 Å². The molecule has 2 aliphatic heterocycles. The fourth-order valence-corrected chi connectivity index (χ4v) is 5.88. The predicted molar refractivity (Wildman–Crippen MR) is 114 cm³/mol. The number of hydrogen-bond acceptors (Lipinski definition) is 2. The molecule has 0 nitrogen and oxygen atoms in total. The van der Waals surface area contributed by atoms with Gasteiger partial charge in [0.25, 0.3) is 0 Å². The fourth-order valence-electron chi connectivity index (χ4n) is 2.26. The summed E-state index contributed by atoms with van der Waals surface area (Å²) in [6, 6.07) is 0. The number of hydrogen-bond donors (Lipinski definition) is 0. The molecule has 2 unspecified atom stereocenters. The molecule has 4 rings (SSSR count). The molecule has 2 atom stereocenters. The minimum atomic E-state index is 0. The second-order valence-electron chi connectivity index (χ2n) is 5.82. The van der Waals surface area contributed by atoms with Crippen molar-refractivity contribution in [3.05, 3.63) is 66.4 Å². The van der Waals surface area contributed by atoms with Gasteiger partial charge >= 0.3 is 41.3 Å². The smallest absolute Gasteiger partial charge is 1.00 e. The van der Waals surface area contributed by atoms with Crippen molar-refractivity contribution >= 4 is 58.6 Å². The summed E-state index contributed by atoms with van der Waals surface area (Å²) in [6.07, 6.45) is 11.1. The molecular weight excluding hydrogens is 614 g/mol. The summed E-state index contributed by atoms with van der Waals surface area (Å²) in [5, 5.41) is 5.23. The van der Waals surface area contributed by atoms with Crippen LogP contribution in [-0.4, -0.2) is 13.7 Å². The first-order valence-corrected chi connectivity index (χ1v) is 12.2. The van der Waals surface area contributed by atoms with Crippen LogP contribution >= 0.6 is 55.4 Å².